The highest BCUT2D eigenvalue weighted by Crippen LogP contribution is 2.41. The minimum absolute atomic E-state index is 0.0216. The van der Waals surface area contributed by atoms with Crippen molar-refractivity contribution >= 4 is 39.4 Å². The first-order chi connectivity index (χ1) is 17.0. The zero-order chi connectivity index (χ0) is 24.0. The molecular formula is C29H29N3O3. The topological polar surface area (TPSA) is 65.8 Å². The van der Waals surface area contributed by atoms with Gasteiger partial charge in [-0.3, -0.25) is 4.79 Å². The Morgan fingerprint density at radius 2 is 1.49 bits per heavy atom. The van der Waals surface area contributed by atoms with Gasteiger partial charge < -0.3 is 19.5 Å². The Morgan fingerprint density at radius 3 is 2.26 bits per heavy atom. The van der Waals surface area contributed by atoms with Crippen LogP contribution in [0.4, 0.5) is 10.5 Å². The standard InChI is InChI=1S/C29H29N3O3/c1-20-22-9-4-5-12-25(22)35-26(20)27(33)32-18-15-29(19-32)13-16-31(17-14-29)28(34)30-24-11-6-8-21-7-2-3-10-23(21)24/h2-12H,13-19H2,1H3,(H,30,34). The minimum Gasteiger partial charge on any atom is -0.451 e. The number of fused-ring (bicyclic) bond motifs is 2. The minimum atomic E-state index is -0.0555. The lowest BCUT2D eigenvalue weighted by Gasteiger charge is -2.39. The number of para-hydroxylation sites is 1. The van der Waals surface area contributed by atoms with Crippen molar-refractivity contribution in [2.45, 2.75) is 26.2 Å². The third-order valence-corrected chi connectivity index (χ3v) is 7.91. The van der Waals surface area contributed by atoms with Crippen LogP contribution in [0.5, 0.6) is 0 Å². The molecule has 0 unspecified atom stereocenters. The van der Waals surface area contributed by atoms with E-state index in [1.807, 2.05) is 71.3 Å². The Balaban J connectivity index is 1.10. The van der Waals surface area contributed by atoms with Crippen LogP contribution in [0.2, 0.25) is 0 Å². The van der Waals surface area contributed by atoms with Gasteiger partial charge >= 0.3 is 6.03 Å². The molecule has 178 valence electrons. The molecule has 3 heterocycles. The summed E-state index contributed by atoms with van der Waals surface area (Å²) >= 11 is 0. The van der Waals surface area contributed by atoms with Crippen molar-refractivity contribution in [1.29, 1.82) is 0 Å². The van der Waals surface area contributed by atoms with Crippen LogP contribution in [0.25, 0.3) is 21.7 Å². The smallest absolute Gasteiger partial charge is 0.321 e. The number of anilines is 1. The van der Waals surface area contributed by atoms with Crippen molar-refractivity contribution in [3.63, 3.8) is 0 Å². The number of benzene rings is 3. The first-order valence-electron chi connectivity index (χ1n) is 12.3. The van der Waals surface area contributed by atoms with Crippen LogP contribution >= 0.6 is 0 Å². The molecule has 1 spiro atoms. The number of likely N-dealkylation sites (tertiary alicyclic amines) is 2. The lowest BCUT2D eigenvalue weighted by Crippen LogP contribution is -2.46. The molecule has 1 N–H and O–H groups in total. The van der Waals surface area contributed by atoms with Crippen LogP contribution in [0, 0.1) is 12.3 Å². The van der Waals surface area contributed by atoms with E-state index in [4.69, 9.17) is 4.42 Å². The number of carbonyl (C=O) groups is 2. The van der Waals surface area contributed by atoms with E-state index >= 15 is 0 Å². The number of hydrogen-bond acceptors (Lipinski definition) is 3. The second-order valence-electron chi connectivity index (χ2n) is 9.97. The zero-order valence-electron chi connectivity index (χ0n) is 19.9. The number of aryl methyl sites for hydroxylation is 1. The van der Waals surface area contributed by atoms with Gasteiger partial charge in [0.1, 0.15) is 5.58 Å². The number of nitrogens with zero attached hydrogens (tertiary/aromatic N) is 2. The molecule has 2 saturated heterocycles. The maximum absolute atomic E-state index is 13.3. The van der Waals surface area contributed by atoms with Crippen LogP contribution in [0.3, 0.4) is 0 Å². The SMILES string of the molecule is Cc1c(C(=O)N2CCC3(CCN(C(=O)Nc4cccc5ccccc45)CC3)C2)oc2ccccc12. The molecule has 6 heteroatoms. The predicted octanol–water partition coefficient (Wildman–Crippen LogP) is 6.05. The molecule has 0 bridgehead atoms. The summed E-state index contributed by atoms with van der Waals surface area (Å²) in [4.78, 5) is 30.2. The highest BCUT2D eigenvalue weighted by molar-refractivity contribution is 6.01. The largest absolute Gasteiger partial charge is 0.451 e. The molecule has 0 aliphatic carbocycles. The van der Waals surface area contributed by atoms with Gasteiger partial charge in [0, 0.05) is 42.5 Å². The maximum atomic E-state index is 13.3. The summed E-state index contributed by atoms with van der Waals surface area (Å²) in [5, 5.41) is 6.26. The molecule has 0 atom stereocenters. The molecule has 6 nitrogen and oxygen atoms in total. The lowest BCUT2D eigenvalue weighted by atomic mass is 9.78. The molecule has 2 aliphatic rings. The fourth-order valence-electron chi connectivity index (χ4n) is 5.75. The summed E-state index contributed by atoms with van der Waals surface area (Å²) in [6, 6.07) is 21.8. The van der Waals surface area contributed by atoms with E-state index in [9.17, 15) is 9.59 Å². The second kappa shape index (κ2) is 8.45. The van der Waals surface area contributed by atoms with E-state index in [0.29, 0.717) is 18.8 Å². The summed E-state index contributed by atoms with van der Waals surface area (Å²) in [6.45, 7) is 4.81. The van der Waals surface area contributed by atoms with Gasteiger partial charge in [0.2, 0.25) is 0 Å². The fourth-order valence-corrected chi connectivity index (χ4v) is 5.75. The summed E-state index contributed by atoms with van der Waals surface area (Å²) in [7, 11) is 0. The number of piperidine rings is 1. The molecule has 1 aromatic heterocycles. The molecule has 6 rings (SSSR count). The van der Waals surface area contributed by atoms with Gasteiger partial charge in [0.25, 0.3) is 5.91 Å². The van der Waals surface area contributed by atoms with Gasteiger partial charge in [-0.25, -0.2) is 4.79 Å². The molecule has 0 radical (unpaired) electrons. The lowest BCUT2D eigenvalue weighted by molar-refractivity contribution is 0.0711. The number of amides is 3. The van der Waals surface area contributed by atoms with Gasteiger partial charge in [-0.15, -0.1) is 0 Å². The Hall–Kier alpha value is -3.80. The van der Waals surface area contributed by atoms with Crippen LogP contribution < -0.4 is 5.32 Å². The summed E-state index contributed by atoms with van der Waals surface area (Å²) in [6.07, 6.45) is 2.77. The summed E-state index contributed by atoms with van der Waals surface area (Å²) in [5.41, 5.74) is 2.58. The summed E-state index contributed by atoms with van der Waals surface area (Å²) < 4.78 is 5.93. The first kappa shape index (κ1) is 21.7. The normalized spacial score (nSPS) is 17.4. The molecule has 2 aliphatic heterocycles. The van der Waals surface area contributed by atoms with Crippen molar-refractivity contribution in [3.05, 3.63) is 78.1 Å². The number of carbonyl (C=O) groups excluding carboxylic acids is 2. The van der Waals surface area contributed by atoms with Gasteiger partial charge in [-0.05, 0) is 49.1 Å². The van der Waals surface area contributed by atoms with Crippen LogP contribution in [-0.2, 0) is 0 Å². The van der Waals surface area contributed by atoms with Crippen molar-refractivity contribution in [3.8, 4) is 0 Å². The van der Waals surface area contributed by atoms with Gasteiger partial charge in [0.15, 0.2) is 5.76 Å². The molecule has 3 aromatic carbocycles. The molecule has 3 amide bonds. The second-order valence-corrected chi connectivity index (χ2v) is 9.97. The van der Waals surface area contributed by atoms with Gasteiger partial charge in [0.05, 0.1) is 5.69 Å². The third kappa shape index (κ3) is 3.83. The monoisotopic (exact) mass is 467 g/mol. The third-order valence-electron chi connectivity index (χ3n) is 7.91. The van der Waals surface area contributed by atoms with Crippen LogP contribution in [0.15, 0.2) is 71.1 Å². The van der Waals surface area contributed by atoms with Crippen LogP contribution in [-0.4, -0.2) is 47.9 Å². The number of rotatable bonds is 2. The highest BCUT2D eigenvalue weighted by atomic mass is 16.3. The fraction of sp³-hybridized carbons (Fsp3) is 0.310. The van der Waals surface area contributed by atoms with E-state index in [0.717, 1.165) is 65.3 Å². The highest BCUT2D eigenvalue weighted by Gasteiger charge is 2.43. The zero-order valence-corrected chi connectivity index (χ0v) is 19.9. The van der Waals surface area contributed by atoms with Crippen molar-refractivity contribution in [1.82, 2.24) is 9.80 Å². The van der Waals surface area contributed by atoms with E-state index in [1.54, 1.807) is 0 Å². The first-order valence-corrected chi connectivity index (χ1v) is 12.3. The number of nitrogens with one attached hydrogen (secondary N) is 1. The number of urea groups is 1. The van der Waals surface area contributed by atoms with E-state index in [1.165, 1.54) is 0 Å². The van der Waals surface area contributed by atoms with Gasteiger partial charge in [-0.2, -0.15) is 0 Å². The van der Waals surface area contributed by atoms with Crippen molar-refractivity contribution in [2.24, 2.45) is 5.41 Å². The predicted molar refractivity (Wildman–Crippen MR) is 138 cm³/mol. The van der Waals surface area contributed by atoms with Crippen molar-refractivity contribution < 1.29 is 14.0 Å². The molecule has 2 fully saturated rings. The molecular weight excluding hydrogens is 438 g/mol. The molecule has 0 saturated carbocycles. The van der Waals surface area contributed by atoms with Gasteiger partial charge in [-0.1, -0.05) is 54.6 Å². The average Bonchev–Trinajstić information content (AvgIpc) is 3.46. The van der Waals surface area contributed by atoms with Crippen molar-refractivity contribution in [2.75, 3.05) is 31.5 Å². The van der Waals surface area contributed by atoms with E-state index in [-0.39, 0.29) is 17.4 Å². The number of hydrogen-bond donors (Lipinski definition) is 1. The Morgan fingerprint density at radius 1 is 0.829 bits per heavy atom. The van der Waals surface area contributed by atoms with E-state index in [2.05, 4.69) is 17.4 Å². The molecule has 35 heavy (non-hydrogen) atoms. The Bertz CT molecular complexity index is 1430. The Kier molecular flexibility index (Phi) is 5.24. The quantitative estimate of drug-likeness (QED) is 0.390. The number of furan rings is 1. The summed E-state index contributed by atoms with van der Waals surface area (Å²) in [5.74, 6) is 0.432. The average molecular weight is 468 g/mol. The Labute approximate surface area is 204 Å². The van der Waals surface area contributed by atoms with Crippen LogP contribution in [0.1, 0.15) is 35.4 Å². The molecule has 4 aromatic rings. The maximum Gasteiger partial charge on any atom is 0.321 e. The van der Waals surface area contributed by atoms with E-state index < -0.39 is 0 Å².